The Hall–Kier alpha value is -1.25. The van der Waals surface area contributed by atoms with Crippen molar-refractivity contribution in [3.63, 3.8) is 0 Å². The third-order valence-electron chi connectivity index (χ3n) is 3.11. The van der Waals surface area contributed by atoms with E-state index in [2.05, 4.69) is 24.4 Å². The van der Waals surface area contributed by atoms with Crippen molar-refractivity contribution in [2.24, 2.45) is 0 Å². The van der Waals surface area contributed by atoms with Crippen molar-refractivity contribution < 1.29 is 4.39 Å². The van der Waals surface area contributed by atoms with Gasteiger partial charge in [0.05, 0.1) is 10.0 Å². The van der Waals surface area contributed by atoms with E-state index < -0.39 is 5.82 Å². The number of hydrogen-bond acceptors (Lipinski definition) is 1. The number of benzene rings is 2. The van der Waals surface area contributed by atoms with E-state index in [4.69, 9.17) is 23.2 Å². The molecule has 1 unspecified atom stereocenters. The van der Waals surface area contributed by atoms with E-state index >= 15 is 0 Å². The van der Waals surface area contributed by atoms with Crippen LogP contribution in [0.3, 0.4) is 0 Å². The Morgan fingerprint density at radius 2 is 1.70 bits per heavy atom. The van der Waals surface area contributed by atoms with Crippen LogP contribution in [0.2, 0.25) is 10.0 Å². The van der Waals surface area contributed by atoms with Crippen LogP contribution in [-0.2, 0) is 6.42 Å². The van der Waals surface area contributed by atoms with Gasteiger partial charge >= 0.3 is 0 Å². The Morgan fingerprint density at radius 1 is 1.10 bits per heavy atom. The van der Waals surface area contributed by atoms with Crippen LogP contribution in [0.1, 0.15) is 18.9 Å². The molecule has 0 aliphatic rings. The summed E-state index contributed by atoms with van der Waals surface area (Å²) in [4.78, 5) is 0. The van der Waals surface area contributed by atoms with Crippen molar-refractivity contribution in [2.75, 3.05) is 5.32 Å². The van der Waals surface area contributed by atoms with Gasteiger partial charge in [0, 0.05) is 11.7 Å². The van der Waals surface area contributed by atoms with Gasteiger partial charge in [-0.1, -0.05) is 53.5 Å². The first-order valence-electron chi connectivity index (χ1n) is 6.51. The molecule has 106 valence electrons. The van der Waals surface area contributed by atoms with Gasteiger partial charge in [-0.25, -0.2) is 4.39 Å². The van der Waals surface area contributed by atoms with Gasteiger partial charge in [-0.05, 0) is 37.5 Å². The average Bonchev–Trinajstić information content (AvgIpc) is 2.43. The normalized spacial score (nSPS) is 12.2. The fourth-order valence-corrected chi connectivity index (χ4v) is 2.51. The lowest BCUT2D eigenvalue weighted by atomic mass is 10.1. The second-order valence-corrected chi connectivity index (χ2v) is 5.64. The Morgan fingerprint density at radius 3 is 2.30 bits per heavy atom. The number of anilines is 1. The number of nitrogens with one attached hydrogen (secondary N) is 1. The minimum absolute atomic E-state index is 0.0373. The maximum absolute atomic E-state index is 13.3. The van der Waals surface area contributed by atoms with Gasteiger partial charge < -0.3 is 5.32 Å². The van der Waals surface area contributed by atoms with Crippen molar-refractivity contribution in [1.82, 2.24) is 0 Å². The summed E-state index contributed by atoms with van der Waals surface area (Å²) in [7, 11) is 0. The van der Waals surface area contributed by atoms with Crippen LogP contribution in [0.25, 0.3) is 0 Å². The summed E-state index contributed by atoms with van der Waals surface area (Å²) in [5.41, 5.74) is 2.04. The first-order valence-corrected chi connectivity index (χ1v) is 7.27. The molecule has 0 aliphatic carbocycles. The first-order chi connectivity index (χ1) is 9.56. The number of hydrogen-bond donors (Lipinski definition) is 1. The maximum Gasteiger partial charge on any atom is 0.160 e. The van der Waals surface area contributed by atoms with Gasteiger partial charge in [0.15, 0.2) is 5.82 Å². The molecule has 20 heavy (non-hydrogen) atoms. The second kappa shape index (κ2) is 6.96. The molecule has 0 aromatic heterocycles. The zero-order valence-corrected chi connectivity index (χ0v) is 12.7. The third kappa shape index (κ3) is 4.12. The molecule has 0 aliphatic heterocycles. The van der Waals surface area contributed by atoms with Crippen molar-refractivity contribution in [1.29, 1.82) is 0 Å². The molecular formula is C16H16Cl2FN. The van der Waals surface area contributed by atoms with Gasteiger partial charge in [0.2, 0.25) is 0 Å². The van der Waals surface area contributed by atoms with E-state index in [0.29, 0.717) is 0 Å². The molecule has 2 aromatic carbocycles. The number of rotatable bonds is 5. The molecule has 0 radical (unpaired) electrons. The average molecular weight is 312 g/mol. The zero-order valence-electron chi connectivity index (χ0n) is 11.2. The Kier molecular flexibility index (Phi) is 5.27. The monoisotopic (exact) mass is 311 g/mol. The lowest BCUT2D eigenvalue weighted by Crippen LogP contribution is -2.16. The SMILES string of the molecule is CC(CCc1ccccc1)Nc1cc(Cl)c(F)c(Cl)c1. The third-order valence-corrected chi connectivity index (χ3v) is 3.66. The molecule has 2 rings (SSSR count). The minimum Gasteiger partial charge on any atom is -0.382 e. The van der Waals surface area contributed by atoms with Gasteiger partial charge in [-0.3, -0.25) is 0 Å². The van der Waals surface area contributed by atoms with E-state index in [1.54, 1.807) is 12.1 Å². The van der Waals surface area contributed by atoms with Crippen molar-refractivity contribution >= 4 is 28.9 Å². The summed E-state index contributed by atoms with van der Waals surface area (Å²) in [6.45, 7) is 2.08. The van der Waals surface area contributed by atoms with Crippen LogP contribution in [0.4, 0.5) is 10.1 Å². The smallest absolute Gasteiger partial charge is 0.160 e. The van der Waals surface area contributed by atoms with Gasteiger partial charge in [0.25, 0.3) is 0 Å². The Bertz CT molecular complexity index is 549. The van der Waals surface area contributed by atoms with Gasteiger partial charge in [0.1, 0.15) is 0 Å². The largest absolute Gasteiger partial charge is 0.382 e. The molecule has 0 spiro atoms. The number of aryl methyl sites for hydroxylation is 1. The quantitative estimate of drug-likeness (QED) is 0.712. The maximum atomic E-state index is 13.3. The van der Waals surface area contributed by atoms with Crippen LogP contribution >= 0.6 is 23.2 Å². The van der Waals surface area contributed by atoms with E-state index in [0.717, 1.165) is 18.5 Å². The topological polar surface area (TPSA) is 12.0 Å². The highest BCUT2D eigenvalue weighted by atomic mass is 35.5. The highest BCUT2D eigenvalue weighted by molar-refractivity contribution is 6.35. The summed E-state index contributed by atoms with van der Waals surface area (Å²) < 4.78 is 13.3. The van der Waals surface area contributed by atoms with Crippen LogP contribution in [0, 0.1) is 5.82 Å². The molecule has 0 fully saturated rings. The summed E-state index contributed by atoms with van der Waals surface area (Å²) in [6.07, 6.45) is 1.95. The summed E-state index contributed by atoms with van der Waals surface area (Å²) >= 11 is 11.6. The van der Waals surface area contributed by atoms with Gasteiger partial charge in [-0.2, -0.15) is 0 Å². The highest BCUT2D eigenvalue weighted by Gasteiger charge is 2.09. The lowest BCUT2D eigenvalue weighted by Gasteiger charge is -2.16. The molecule has 1 atom stereocenters. The molecule has 0 bridgehead atoms. The minimum atomic E-state index is -0.573. The predicted molar refractivity (Wildman–Crippen MR) is 84.3 cm³/mol. The molecule has 0 heterocycles. The van der Waals surface area contributed by atoms with Crippen LogP contribution in [0.15, 0.2) is 42.5 Å². The summed E-state index contributed by atoms with van der Waals surface area (Å²) in [6, 6.07) is 13.7. The fraction of sp³-hybridized carbons (Fsp3) is 0.250. The van der Waals surface area contributed by atoms with Crippen molar-refractivity contribution in [2.45, 2.75) is 25.8 Å². The first kappa shape index (κ1) is 15.1. The second-order valence-electron chi connectivity index (χ2n) is 4.82. The van der Waals surface area contributed by atoms with Crippen molar-refractivity contribution in [3.8, 4) is 0 Å². The van der Waals surface area contributed by atoms with Gasteiger partial charge in [-0.15, -0.1) is 0 Å². The predicted octanol–water partition coefficient (Wildman–Crippen LogP) is 5.57. The molecule has 0 saturated carbocycles. The summed E-state index contributed by atoms with van der Waals surface area (Å²) in [5.74, 6) is -0.573. The number of halogens is 3. The zero-order chi connectivity index (χ0) is 14.5. The van der Waals surface area contributed by atoms with E-state index in [1.807, 2.05) is 18.2 Å². The van der Waals surface area contributed by atoms with E-state index in [9.17, 15) is 4.39 Å². The molecule has 1 nitrogen and oxygen atoms in total. The van der Waals surface area contributed by atoms with Crippen LogP contribution in [0.5, 0.6) is 0 Å². The molecule has 4 heteroatoms. The van der Waals surface area contributed by atoms with E-state index in [-0.39, 0.29) is 16.1 Å². The van der Waals surface area contributed by atoms with Crippen molar-refractivity contribution in [3.05, 3.63) is 63.9 Å². The Labute approximate surface area is 128 Å². The standard InChI is InChI=1S/C16H16Cl2FN/c1-11(7-8-12-5-3-2-4-6-12)20-13-9-14(17)16(19)15(18)10-13/h2-6,9-11,20H,7-8H2,1H3. The summed E-state index contributed by atoms with van der Waals surface area (Å²) in [5, 5.41) is 3.36. The molecular weight excluding hydrogens is 296 g/mol. The van der Waals surface area contributed by atoms with E-state index in [1.165, 1.54) is 5.56 Å². The molecule has 0 amide bonds. The highest BCUT2D eigenvalue weighted by Crippen LogP contribution is 2.27. The fourth-order valence-electron chi connectivity index (χ4n) is 2.02. The molecule has 0 saturated heterocycles. The van der Waals surface area contributed by atoms with Crippen LogP contribution < -0.4 is 5.32 Å². The Balaban J connectivity index is 1.93. The lowest BCUT2D eigenvalue weighted by molar-refractivity contribution is 0.628. The molecule has 1 N–H and O–H groups in total. The van der Waals surface area contributed by atoms with Crippen LogP contribution in [-0.4, -0.2) is 6.04 Å². The molecule has 2 aromatic rings.